The summed E-state index contributed by atoms with van der Waals surface area (Å²) in [4.78, 5) is 11.1. The lowest BCUT2D eigenvalue weighted by Gasteiger charge is -2.02. The normalized spacial score (nSPS) is 9.00. The van der Waals surface area contributed by atoms with Gasteiger partial charge >= 0.3 is 5.97 Å². The highest BCUT2D eigenvalue weighted by atomic mass is 16.5. The van der Waals surface area contributed by atoms with Gasteiger partial charge in [-0.2, -0.15) is 0 Å². The first-order chi connectivity index (χ1) is 7.77. The standard InChI is InChI=1S/C11H14O3.C2H6/c1-13-8-7-9-3-5-10(6-4-9)11(12)14-2;1-2/h3-6H,7-8H2,1-2H3;1-2H3. The van der Waals surface area contributed by atoms with Crippen molar-refractivity contribution in [2.24, 2.45) is 0 Å². The molecular weight excluding hydrogens is 204 g/mol. The third-order valence-corrected chi connectivity index (χ3v) is 1.97. The number of rotatable bonds is 4. The van der Waals surface area contributed by atoms with Crippen molar-refractivity contribution in [3.63, 3.8) is 0 Å². The smallest absolute Gasteiger partial charge is 0.337 e. The molecule has 16 heavy (non-hydrogen) atoms. The second-order valence-electron chi connectivity index (χ2n) is 2.93. The van der Waals surface area contributed by atoms with Crippen LogP contribution >= 0.6 is 0 Å². The molecule has 3 nitrogen and oxygen atoms in total. The van der Waals surface area contributed by atoms with Gasteiger partial charge in [-0.05, 0) is 24.1 Å². The SMILES string of the molecule is CC.COCCc1ccc(C(=O)OC)cc1. The van der Waals surface area contributed by atoms with E-state index in [-0.39, 0.29) is 5.97 Å². The summed E-state index contributed by atoms with van der Waals surface area (Å²) in [6, 6.07) is 7.34. The van der Waals surface area contributed by atoms with Gasteiger partial charge in [0, 0.05) is 7.11 Å². The second kappa shape index (κ2) is 8.92. The molecule has 0 aromatic heterocycles. The monoisotopic (exact) mass is 224 g/mol. The van der Waals surface area contributed by atoms with E-state index in [1.807, 2.05) is 26.0 Å². The molecule has 0 aliphatic rings. The summed E-state index contributed by atoms with van der Waals surface area (Å²) in [6.07, 6.45) is 0.859. The molecule has 90 valence electrons. The topological polar surface area (TPSA) is 35.5 Å². The van der Waals surface area contributed by atoms with Crippen LogP contribution in [0.5, 0.6) is 0 Å². The Morgan fingerprint density at radius 1 is 1.12 bits per heavy atom. The average Bonchev–Trinajstić information content (AvgIpc) is 2.38. The molecule has 1 aromatic rings. The zero-order valence-corrected chi connectivity index (χ0v) is 10.4. The highest BCUT2D eigenvalue weighted by molar-refractivity contribution is 5.89. The van der Waals surface area contributed by atoms with Crippen molar-refractivity contribution >= 4 is 5.97 Å². The Bertz CT molecular complexity index is 291. The van der Waals surface area contributed by atoms with Gasteiger partial charge in [-0.3, -0.25) is 0 Å². The number of methoxy groups -OCH3 is 2. The van der Waals surface area contributed by atoms with E-state index in [1.54, 1.807) is 19.2 Å². The van der Waals surface area contributed by atoms with Crippen LogP contribution in [0.2, 0.25) is 0 Å². The van der Waals surface area contributed by atoms with Gasteiger partial charge < -0.3 is 9.47 Å². The number of hydrogen-bond acceptors (Lipinski definition) is 3. The maximum atomic E-state index is 11.1. The van der Waals surface area contributed by atoms with Gasteiger partial charge in [0.05, 0.1) is 19.3 Å². The summed E-state index contributed by atoms with van der Waals surface area (Å²) in [6.45, 7) is 4.69. The highest BCUT2D eigenvalue weighted by Crippen LogP contribution is 2.06. The summed E-state index contributed by atoms with van der Waals surface area (Å²) >= 11 is 0. The third-order valence-electron chi connectivity index (χ3n) is 1.97. The minimum absolute atomic E-state index is 0.303. The molecule has 0 saturated heterocycles. The van der Waals surface area contributed by atoms with Gasteiger partial charge in [-0.25, -0.2) is 4.79 Å². The van der Waals surface area contributed by atoms with E-state index in [9.17, 15) is 4.79 Å². The van der Waals surface area contributed by atoms with Crippen LogP contribution in [0.4, 0.5) is 0 Å². The Hall–Kier alpha value is -1.35. The fourth-order valence-electron chi connectivity index (χ4n) is 1.15. The predicted octanol–water partition coefficient (Wildman–Crippen LogP) is 2.69. The summed E-state index contributed by atoms with van der Waals surface area (Å²) in [7, 11) is 3.05. The van der Waals surface area contributed by atoms with Crippen LogP contribution in [0, 0.1) is 0 Å². The van der Waals surface area contributed by atoms with Gasteiger partial charge in [0.15, 0.2) is 0 Å². The van der Waals surface area contributed by atoms with E-state index in [4.69, 9.17) is 4.74 Å². The van der Waals surface area contributed by atoms with Crippen LogP contribution in [0.15, 0.2) is 24.3 Å². The van der Waals surface area contributed by atoms with E-state index in [0.717, 1.165) is 12.0 Å². The molecule has 0 radical (unpaired) electrons. The van der Waals surface area contributed by atoms with Gasteiger partial charge in [0.2, 0.25) is 0 Å². The molecule has 0 aliphatic carbocycles. The van der Waals surface area contributed by atoms with Crippen LogP contribution in [0.25, 0.3) is 0 Å². The Balaban J connectivity index is 0.00000106. The van der Waals surface area contributed by atoms with Crippen molar-refractivity contribution in [2.75, 3.05) is 20.8 Å². The van der Waals surface area contributed by atoms with Crippen molar-refractivity contribution in [3.8, 4) is 0 Å². The van der Waals surface area contributed by atoms with Crippen LogP contribution in [0.1, 0.15) is 29.8 Å². The molecule has 3 heteroatoms. The van der Waals surface area contributed by atoms with Crippen LogP contribution < -0.4 is 0 Å². The third kappa shape index (κ3) is 4.94. The van der Waals surface area contributed by atoms with Crippen LogP contribution in [-0.2, 0) is 15.9 Å². The van der Waals surface area contributed by atoms with Crippen molar-refractivity contribution < 1.29 is 14.3 Å². The lowest BCUT2D eigenvalue weighted by Crippen LogP contribution is -2.01. The molecule has 1 aromatic carbocycles. The fraction of sp³-hybridized carbons (Fsp3) is 0.462. The molecule has 0 atom stereocenters. The second-order valence-corrected chi connectivity index (χ2v) is 2.93. The van der Waals surface area contributed by atoms with Gasteiger partial charge in [-0.15, -0.1) is 0 Å². The quantitative estimate of drug-likeness (QED) is 0.738. The zero-order chi connectivity index (χ0) is 12.4. The van der Waals surface area contributed by atoms with Crippen LogP contribution in [-0.4, -0.2) is 26.8 Å². The molecular formula is C13H20O3. The molecule has 0 amide bonds. The van der Waals surface area contributed by atoms with Crippen LogP contribution in [0.3, 0.4) is 0 Å². The van der Waals surface area contributed by atoms with Crippen molar-refractivity contribution in [3.05, 3.63) is 35.4 Å². The number of carbonyl (C=O) groups excluding carboxylic acids is 1. The molecule has 0 saturated carbocycles. The molecule has 0 bridgehead atoms. The fourth-order valence-corrected chi connectivity index (χ4v) is 1.15. The maximum Gasteiger partial charge on any atom is 0.337 e. The maximum absolute atomic E-state index is 11.1. The van der Waals surface area contributed by atoms with E-state index in [0.29, 0.717) is 12.2 Å². The summed E-state index contributed by atoms with van der Waals surface area (Å²) in [5, 5.41) is 0. The van der Waals surface area contributed by atoms with E-state index in [2.05, 4.69) is 4.74 Å². The summed E-state index contributed by atoms with van der Waals surface area (Å²) < 4.78 is 9.55. The van der Waals surface area contributed by atoms with E-state index < -0.39 is 0 Å². The summed E-state index contributed by atoms with van der Waals surface area (Å²) in [5.74, 6) is -0.303. The predicted molar refractivity (Wildman–Crippen MR) is 64.7 cm³/mol. The molecule has 0 aliphatic heterocycles. The molecule has 0 unspecified atom stereocenters. The van der Waals surface area contributed by atoms with Crippen molar-refractivity contribution in [1.29, 1.82) is 0 Å². The zero-order valence-electron chi connectivity index (χ0n) is 10.4. The Morgan fingerprint density at radius 2 is 1.69 bits per heavy atom. The van der Waals surface area contributed by atoms with Crippen molar-refractivity contribution in [2.45, 2.75) is 20.3 Å². The number of benzene rings is 1. The Morgan fingerprint density at radius 3 is 2.12 bits per heavy atom. The highest BCUT2D eigenvalue weighted by Gasteiger charge is 2.03. The molecule has 0 fully saturated rings. The number of ether oxygens (including phenoxy) is 2. The average molecular weight is 224 g/mol. The van der Waals surface area contributed by atoms with Gasteiger partial charge in [0.1, 0.15) is 0 Å². The largest absolute Gasteiger partial charge is 0.465 e. The minimum Gasteiger partial charge on any atom is -0.465 e. The van der Waals surface area contributed by atoms with Crippen molar-refractivity contribution in [1.82, 2.24) is 0 Å². The number of esters is 1. The molecule has 0 heterocycles. The number of hydrogen-bond donors (Lipinski definition) is 0. The first-order valence-electron chi connectivity index (χ1n) is 5.44. The lowest BCUT2D eigenvalue weighted by atomic mass is 10.1. The Kier molecular flexibility index (Phi) is 8.17. The molecule has 0 N–H and O–H groups in total. The lowest BCUT2D eigenvalue weighted by molar-refractivity contribution is 0.0600. The van der Waals surface area contributed by atoms with Gasteiger partial charge in [0.25, 0.3) is 0 Å². The Labute approximate surface area is 97.4 Å². The molecule has 1 rings (SSSR count). The first-order valence-corrected chi connectivity index (χ1v) is 5.44. The minimum atomic E-state index is -0.303. The summed E-state index contributed by atoms with van der Waals surface area (Å²) in [5.41, 5.74) is 1.73. The molecule has 0 spiro atoms. The first kappa shape index (κ1) is 14.6. The van der Waals surface area contributed by atoms with Gasteiger partial charge in [-0.1, -0.05) is 26.0 Å². The number of carbonyl (C=O) groups is 1. The van der Waals surface area contributed by atoms with E-state index >= 15 is 0 Å². The van der Waals surface area contributed by atoms with E-state index in [1.165, 1.54) is 7.11 Å².